The van der Waals surface area contributed by atoms with Crippen molar-refractivity contribution in [3.8, 4) is 17.2 Å². The van der Waals surface area contributed by atoms with E-state index in [9.17, 15) is 10.2 Å². The molecule has 0 aliphatic heterocycles. The van der Waals surface area contributed by atoms with Crippen molar-refractivity contribution >= 4 is 0 Å². The van der Waals surface area contributed by atoms with Crippen LogP contribution in [0.4, 0.5) is 0 Å². The van der Waals surface area contributed by atoms with Gasteiger partial charge in [0.15, 0.2) is 11.5 Å². The smallest absolute Gasteiger partial charge is 0.200 e. The second-order valence-electron chi connectivity index (χ2n) is 5.49. The summed E-state index contributed by atoms with van der Waals surface area (Å²) in [6.07, 6.45) is 2.79. The van der Waals surface area contributed by atoms with Gasteiger partial charge in [-0.3, -0.25) is 0 Å². The molecule has 0 amide bonds. The second-order valence-corrected chi connectivity index (χ2v) is 5.49. The van der Waals surface area contributed by atoms with Crippen molar-refractivity contribution in [2.24, 2.45) is 5.41 Å². The second kappa shape index (κ2) is 6.66. The van der Waals surface area contributed by atoms with Crippen LogP contribution in [0.5, 0.6) is 17.2 Å². The molecule has 2 N–H and O–H groups in total. The maximum Gasteiger partial charge on any atom is 0.200 e. The summed E-state index contributed by atoms with van der Waals surface area (Å²) in [5.41, 5.74) is 0.340. The number of phenolic OH excluding ortho intramolecular Hbond substituents is 1. The molecule has 1 aromatic rings. The Morgan fingerprint density at radius 3 is 2.15 bits per heavy atom. The normalized spacial score (nSPS) is 12.8. The summed E-state index contributed by atoms with van der Waals surface area (Å²) < 4.78 is 10.2. The number of aliphatic hydroxyl groups excluding tert-OH is 1. The van der Waals surface area contributed by atoms with Gasteiger partial charge in [-0.25, -0.2) is 0 Å². The van der Waals surface area contributed by atoms with E-state index in [1.54, 1.807) is 12.1 Å². The number of hydrogen-bond acceptors (Lipinski definition) is 4. The molecule has 0 saturated heterocycles. The fourth-order valence-electron chi connectivity index (χ4n) is 2.13. The van der Waals surface area contributed by atoms with E-state index in [2.05, 4.69) is 6.58 Å². The molecule has 0 aliphatic carbocycles. The molecule has 4 heteroatoms. The van der Waals surface area contributed by atoms with E-state index in [-0.39, 0.29) is 22.7 Å². The highest BCUT2D eigenvalue weighted by molar-refractivity contribution is 5.53. The Kier molecular flexibility index (Phi) is 5.45. The number of aliphatic hydroxyl groups is 1. The quantitative estimate of drug-likeness (QED) is 0.751. The van der Waals surface area contributed by atoms with Gasteiger partial charge in [0.1, 0.15) is 0 Å². The summed E-state index contributed by atoms with van der Waals surface area (Å²) in [6.45, 7) is 7.69. The largest absolute Gasteiger partial charge is 0.502 e. The van der Waals surface area contributed by atoms with Crippen molar-refractivity contribution in [3.05, 3.63) is 30.4 Å². The molecule has 0 aromatic heterocycles. The predicted molar refractivity (Wildman–Crippen MR) is 79.4 cm³/mol. The molecule has 112 valence electrons. The van der Waals surface area contributed by atoms with E-state index in [0.29, 0.717) is 5.56 Å². The first kappa shape index (κ1) is 16.4. The van der Waals surface area contributed by atoms with E-state index >= 15 is 0 Å². The molecular formula is C16H24O4. The molecule has 0 saturated carbocycles. The molecule has 0 radical (unpaired) electrons. The highest BCUT2D eigenvalue weighted by Crippen LogP contribution is 2.43. The Bertz CT molecular complexity index is 441. The zero-order chi connectivity index (χ0) is 15.3. The SMILES string of the molecule is C=CCCC(C)(C)C(O)c1cc(OC)c(O)c(OC)c1. The van der Waals surface area contributed by atoms with Crippen molar-refractivity contribution < 1.29 is 19.7 Å². The van der Waals surface area contributed by atoms with Gasteiger partial charge in [-0.1, -0.05) is 19.9 Å². The molecule has 1 atom stereocenters. The third-order valence-electron chi connectivity index (χ3n) is 3.55. The Morgan fingerprint density at radius 1 is 1.25 bits per heavy atom. The summed E-state index contributed by atoms with van der Waals surface area (Å²) in [5, 5.41) is 20.5. The van der Waals surface area contributed by atoms with Gasteiger partial charge in [-0.2, -0.15) is 0 Å². The third-order valence-corrected chi connectivity index (χ3v) is 3.55. The van der Waals surface area contributed by atoms with E-state index in [1.807, 2.05) is 19.9 Å². The lowest BCUT2D eigenvalue weighted by atomic mass is 9.79. The van der Waals surface area contributed by atoms with Gasteiger partial charge in [-0.15, -0.1) is 6.58 Å². The van der Waals surface area contributed by atoms with Gasteiger partial charge < -0.3 is 19.7 Å². The van der Waals surface area contributed by atoms with E-state index in [0.717, 1.165) is 12.8 Å². The maximum atomic E-state index is 10.6. The minimum absolute atomic E-state index is 0.0603. The van der Waals surface area contributed by atoms with Gasteiger partial charge in [-0.05, 0) is 36.0 Å². The molecule has 1 unspecified atom stereocenters. The molecular weight excluding hydrogens is 256 g/mol. The molecule has 0 spiro atoms. The monoisotopic (exact) mass is 280 g/mol. The van der Waals surface area contributed by atoms with Crippen LogP contribution in [0.25, 0.3) is 0 Å². The standard InChI is InChI=1S/C16H24O4/c1-6-7-8-16(2,3)15(18)11-9-12(19-4)14(17)13(10-11)20-5/h6,9-10,15,17-18H,1,7-8H2,2-5H3. The van der Waals surface area contributed by atoms with E-state index < -0.39 is 6.10 Å². The molecule has 0 heterocycles. The summed E-state index contributed by atoms with van der Waals surface area (Å²) in [5.74, 6) is 0.519. The Hall–Kier alpha value is -1.68. The van der Waals surface area contributed by atoms with Gasteiger partial charge in [0, 0.05) is 0 Å². The first-order chi connectivity index (χ1) is 9.37. The van der Waals surface area contributed by atoms with Gasteiger partial charge in [0.2, 0.25) is 5.75 Å². The van der Waals surface area contributed by atoms with Crippen LogP contribution in [0.1, 0.15) is 38.4 Å². The molecule has 1 aromatic carbocycles. The number of allylic oxidation sites excluding steroid dienone is 1. The van der Waals surface area contributed by atoms with Crippen LogP contribution < -0.4 is 9.47 Å². The molecule has 4 nitrogen and oxygen atoms in total. The number of ether oxygens (including phenoxy) is 2. The lowest BCUT2D eigenvalue weighted by Gasteiger charge is -2.31. The van der Waals surface area contributed by atoms with Crippen molar-refractivity contribution in [1.82, 2.24) is 0 Å². The summed E-state index contributed by atoms with van der Waals surface area (Å²) in [7, 11) is 2.93. The average Bonchev–Trinajstić information content (AvgIpc) is 2.44. The van der Waals surface area contributed by atoms with Crippen LogP contribution >= 0.6 is 0 Å². The Balaban J connectivity index is 3.15. The first-order valence-electron chi connectivity index (χ1n) is 6.61. The number of hydrogen-bond donors (Lipinski definition) is 2. The number of methoxy groups -OCH3 is 2. The predicted octanol–water partition coefficient (Wildman–Crippen LogP) is 3.44. The van der Waals surface area contributed by atoms with Crippen molar-refractivity contribution in [3.63, 3.8) is 0 Å². The maximum absolute atomic E-state index is 10.6. The number of benzene rings is 1. The molecule has 0 bridgehead atoms. The molecule has 1 rings (SSSR count). The Labute approximate surface area is 120 Å². The van der Waals surface area contributed by atoms with Crippen molar-refractivity contribution in [2.45, 2.75) is 32.8 Å². The summed E-state index contributed by atoms with van der Waals surface area (Å²) in [4.78, 5) is 0. The summed E-state index contributed by atoms with van der Waals surface area (Å²) >= 11 is 0. The highest BCUT2D eigenvalue weighted by Gasteiger charge is 2.30. The fourth-order valence-corrected chi connectivity index (χ4v) is 2.13. The highest BCUT2D eigenvalue weighted by atomic mass is 16.5. The third kappa shape index (κ3) is 3.45. The van der Waals surface area contributed by atoms with E-state index in [1.165, 1.54) is 14.2 Å². The summed E-state index contributed by atoms with van der Waals surface area (Å²) in [6, 6.07) is 3.27. The molecule has 0 fully saturated rings. The van der Waals surface area contributed by atoms with Gasteiger partial charge in [0.25, 0.3) is 0 Å². The van der Waals surface area contributed by atoms with Gasteiger partial charge in [0.05, 0.1) is 20.3 Å². The zero-order valence-electron chi connectivity index (χ0n) is 12.6. The van der Waals surface area contributed by atoms with Gasteiger partial charge >= 0.3 is 0 Å². The van der Waals surface area contributed by atoms with Crippen LogP contribution in [0, 0.1) is 5.41 Å². The zero-order valence-corrected chi connectivity index (χ0v) is 12.6. The number of phenols is 1. The lowest BCUT2D eigenvalue weighted by molar-refractivity contribution is 0.0433. The van der Waals surface area contributed by atoms with Crippen molar-refractivity contribution in [2.75, 3.05) is 14.2 Å². The average molecular weight is 280 g/mol. The fraction of sp³-hybridized carbons (Fsp3) is 0.500. The van der Waals surface area contributed by atoms with Crippen molar-refractivity contribution in [1.29, 1.82) is 0 Å². The minimum Gasteiger partial charge on any atom is -0.502 e. The van der Waals surface area contributed by atoms with Crippen LogP contribution in [0.3, 0.4) is 0 Å². The van der Waals surface area contributed by atoms with E-state index in [4.69, 9.17) is 9.47 Å². The minimum atomic E-state index is -0.689. The topological polar surface area (TPSA) is 58.9 Å². The molecule has 0 aliphatic rings. The van der Waals surface area contributed by atoms with Crippen LogP contribution in [0.2, 0.25) is 0 Å². The lowest BCUT2D eigenvalue weighted by Crippen LogP contribution is -2.22. The van der Waals surface area contributed by atoms with Crippen LogP contribution in [-0.2, 0) is 0 Å². The number of aromatic hydroxyl groups is 1. The van der Waals surface area contributed by atoms with Crippen LogP contribution in [0.15, 0.2) is 24.8 Å². The van der Waals surface area contributed by atoms with Crippen LogP contribution in [-0.4, -0.2) is 24.4 Å². The first-order valence-corrected chi connectivity index (χ1v) is 6.61. The Morgan fingerprint density at radius 2 is 1.75 bits per heavy atom. The number of rotatable bonds is 7. The molecule has 20 heavy (non-hydrogen) atoms.